The molecule has 0 fully saturated rings. The van der Waals surface area contributed by atoms with Crippen LogP contribution in [0, 0.1) is 0 Å². The van der Waals surface area contributed by atoms with E-state index in [2.05, 4.69) is 15.9 Å². The maximum Gasteiger partial charge on any atom is 0.349 e. The van der Waals surface area contributed by atoms with Gasteiger partial charge < -0.3 is 0 Å². The molecule has 0 atom stereocenters. The van der Waals surface area contributed by atoms with Crippen LogP contribution in [0.2, 0.25) is 0 Å². The molecule has 0 unspecified atom stereocenters. The van der Waals surface area contributed by atoms with Crippen LogP contribution in [0.15, 0.2) is 30.3 Å². The Morgan fingerprint density at radius 3 is 2.33 bits per heavy atom. The van der Waals surface area contributed by atoms with Crippen LogP contribution < -0.4 is 0 Å². The van der Waals surface area contributed by atoms with E-state index in [1.54, 1.807) is 0 Å². The summed E-state index contributed by atoms with van der Waals surface area (Å²) in [5, 5.41) is 0. The Morgan fingerprint density at radius 1 is 1.25 bits per heavy atom. The zero-order valence-electron chi connectivity index (χ0n) is 6.14. The minimum atomic E-state index is -2.82. The van der Waals surface area contributed by atoms with Crippen molar-refractivity contribution < 1.29 is 8.78 Å². The van der Waals surface area contributed by atoms with Crippen LogP contribution in [0.25, 0.3) is 0 Å². The predicted octanol–water partition coefficient (Wildman–Crippen LogP) is 3.87. The first kappa shape index (κ1) is 9.99. The second kappa shape index (κ2) is 4.23. The van der Waals surface area contributed by atoms with E-state index >= 15 is 0 Å². The van der Waals surface area contributed by atoms with Crippen LogP contribution in [0.3, 0.4) is 0 Å². The highest BCUT2D eigenvalue weighted by molar-refractivity contribution is 9.11. The molecule has 0 nitrogen and oxygen atoms in total. The number of halogens is 3. The molecule has 0 aliphatic carbocycles. The van der Waals surface area contributed by atoms with Gasteiger partial charge in [0.2, 0.25) is 0 Å². The van der Waals surface area contributed by atoms with E-state index in [0.29, 0.717) is 17.5 Å². The van der Waals surface area contributed by atoms with Crippen LogP contribution in [0.4, 0.5) is 8.78 Å². The lowest BCUT2D eigenvalue weighted by Crippen LogP contribution is -1.97. The van der Waals surface area contributed by atoms with Gasteiger partial charge in [-0.3, -0.25) is 0 Å². The zero-order valence-corrected chi connectivity index (χ0v) is 8.54. The fourth-order valence-corrected chi connectivity index (χ4v) is 1.61. The molecule has 0 bridgehead atoms. The Labute approximate surface area is 82.5 Å². The fraction of sp³-hybridized carbons (Fsp3) is 0.250. The molecule has 0 N–H and O–H groups in total. The van der Waals surface area contributed by atoms with E-state index in [9.17, 15) is 8.78 Å². The second-order valence-corrected chi connectivity index (χ2v) is 4.83. The molecule has 0 saturated heterocycles. The van der Waals surface area contributed by atoms with Gasteiger partial charge in [-0.05, 0) is 5.56 Å². The van der Waals surface area contributed by atoms with Gasteiger partial charge in [-0.1, -0.05) is 42.1 Å². The molecule has 0 saturated carbocycles. The van der Waals surface area contributed by atoms with Crippen LogP contribution in [-0.2, 0) is 5.75 Å². The molecule has 1 aromatic carbocycles. The molecule has 0 radical (unpaired) electrons. The van der Waals surface area contributed by atoms with Crippen LogP contribution in [0.1, 0.15) is 5.56 Å². The lowest BCUT2D eigenvalue weighted by molar-refractivity contribution is 0.220. The van der Waals surface area contributed by atoms with Gasteiger partial charge in [-0.25, -0.2) is 0 Å². The van der Waals surface area contributed by atoms with Crippen molar-refractivity contribution in [1.29, 1.82) is 0 Å². The second-order valence-electron chi connectivity index (χ2n) is 2.22. The molecule has 66 valence electrons. The largest absolute Gasteiger partial charge is 0.349 e. The van der Waals surface area contributed by atoms with Crippen molar-refractivity contribution in [3.05, 3.63) is 35.9 Å². The van der Waals surface area contributed by atoms with E-state index in [0.717, 1.165) is 5.56 Å². The van der Waals surface area contributed by atoms with Gasteiger partial charge in [0.05, 0.1) is 0 Å². The summed E-state index contributed by atoms with van der Waals surface area (Å²) in [6, 6.07) is 9.18. The third-order valence-corrected chi connectivity index (χ3v) is 2.74. The molecular weight excluding hydrogens is 246 g/mol. The third-order valence-electron chi connectivity index (χ3n) is 1.25. The van der Waals surface area contributed by atoms with Crippen molar-refractivity contribution in [2.24, 2.45) is 0 Å². The number of alkyl halides is 3. The summed E-state index contributed by atoms with van der Waals surface area (Å²) >= 11 is 2.84. The topological polar surface area (TPSA) is 0 Å². The number of benzene rings is 1. The van der Waals surface area contributed by atoms with E-state index in [1.807, 2.05) is 30.3 Å². The van der Waals surface area contributed by atoms with Gasteiger partial charge >= 0.3 is 4.16 Å². The summed E-state index contributed by atoms with van der Waals surface area (Å²) in [7, 11) is 0. The molecule has 0 amide bonds. The number of thioether (sulfide) groups is 1. The molecule has 0 aliphatic rings. The van der Waals surface area contributed by atoms with Gasteiger partial charge in [0.25, 0.3) is 0 Å². The number of hydrogen-bond acceptors (Lipinski definition) is 1. The first-order valence-corrected chi connectivity index (χ1v) is 5.10. The predicted molar refractivity (Wildman–Crippen MR) is 51.6 cm³/mol. The molecule has 12 heavy (non-hydrogen) atoms. The van der Waals surface area contributed by atoms with Crippen molar-refractivity contribution in [2.45, 2.75) is 9.92 Å². The Balaban J connectivity index is 2.44. The molecular formula is C8H7BrF2S. The van der Waals surface area contributed by atoms with E-state index in [4.69, 9.17) is 0 Å². The molecule has 0 aromatic heterocycles. The summed E-state index contributed by atoms with van der Waals surface area (Å²) in [6.45, 7) is 0. The first-order chi connectivity index (χ1) is 5.58. The van der Waals surface area contributed by atoms with E-state index in [-0.39, 0.29) is 0 Å². The average Bonchev–Trinajstić information content (AvgIpc) is 2.02. The minimum Gasteiger partial charge on any atom is -0.182 e. The van der Waals surface area contributed by atoms with Crippen molar-refractivity contribution in [1.82, 2.24) is 0 Å². The standard InChI is InChI=1S/C8H7BrF2S/c9-8(10,11)12-6-7-4-2-1-3-5-7/h1-5H,6H2. The molecule has 1 aromatic rings. The lowest BCUT2D eigenvalue weighted by atomic mass is 10.2. The van der Waals surface area contributed by atoms with E-state index in [1.165, 1.54) is 0 Å². The highest BCUT2D eigenvalue weighted by Crippen LogP contribution is 2.37. The summed E-state index contributed by atoms with van der Waals surface area (Å²) in [5.74, 6) is 0.319. The Kier molecular flexibility index (Phi) is 3.53. The van der Waals surface area contributed by atoms with Crippen LogP contribution in [0.5, 0.6) is 0 Å². The summed E-state index contributed by atoms with van der Waals surface area (Å²) in [4.78, 5) is 0. The van der Waals surface area contributed by atoms with Crippen LogP contribution >= 0.6 is 27.7 Å². The van der Waals surface area contributed by atoms with Crippen molar-refractivity contribution in [3.8, 4) is 0 Å². The van der Waals surface area contributed by atoms with Crippen molar-refractivity contribution in [3.63, 3.8) is 0 Å². The maximum atomic E-state index is 12.3. The third kappa shape index (κ3) is 4.07. The molecule has 0 heterocycles. The molecule has 0 spiro atoms. The summed E-state index contributed by atoms with van der Waals surface area (Å²) in [5.41, 5.74) is 0.904. The monoisotopic (exact) mass is 252 g/mol. The number of hydrogen-bond donors (Lipinski definition) is 0. The summed E-state index contributed by atoms with van der Waals surface area (Å²) in [6.07, 6.45) is 0. The van der Waals surface area contributed by atoms with Gasteiger partial charge in [0.15, 0.2) is 0 Å². The Bertz CT molecular complexity index is 233. The highest BCUT2D eigenvalue weighted by atomic mass is 79.9. The van der Waals surface area contributed by atoms with Crippen molar-refractivity contribution >= 4 is 27.7 Å². The van der Waals surface area contributed by atoms with Crippen LogP contribution in [-0.4, -0.2) is 4.16 Å². The van der Waals surface area contributed by atoms with Gasteiger partial charge in [0.1, 0.15) is 0 Å². The Hall–Kier alpha value is -0.0900. The quantitative estimate of drug-likeness (QED) is 0.737. The van der Waals surface area contributed by atoms with E-state index < -0.39 is 4.16 Å². The fourth-order valence-electron chi connectivity index (χ4n) is 0.739. The van der Waals surface area contributed by atoms with Gasteiger partial charge in [0, 0.05) is 21.7 Å². The zero-order chi connectivity index (χ0) is 9.03. The van der Waals surface area contributed by atoms with Gasteiger partial charge in [-0.15, -0.1) is 0 Å². The highest BCUT2D eigenvalue weighted by Gasteiger charge is 2.23. The SMILES string of the molecule is FC(F)(Br)SCc1ccccc1. The van der Waals surface area contributed by atoms with Gasteiger partial charge in [-0.2, -0.15) is 8.78 Å². The number of rotatable bonds is 3. The van der Waals surface area contributed by atoms with Crippen molar-refractivity contribution in [2.75, 3.05) is 0 Å². The average molecular weight is 253 g/mol. The molecule has 4 heteroatoms. The summed E-state index contributed by atoms with van der Waals surface area (Å²) < 4.78 is 21.8. The molecule has 0 aliphatic heterocycles. The Morgan fingerprint density at radius 2 is 1.83 bits per heavy atom. The maximum absolute atomic E-state index is 12.3. The first-order valence-electron chi connectivity index (χ1n) is 3.32. The lowest BCUT2D eigenvalue weighted by Gasteiger charge is -2.06. The smallest absolute Gasteiger partial charge is 0.182 e. The molecule has 1 rings (SSSR count). The normalized spacial score (nSPS) is 11.6. The minimum absolute atomic E-state index is 0.319.